The Balaban J connectivity index is 2.33. The predicted molar refractivity (Wildman–Crippen MR) is 165 cm³/mol. The van der Waals surface area contributed by atoms with Crippen molar-refractivity contribution < 1.29 is 4.79 Å². The lowest BCUT2D eigenvalue weighted by Crippen LogP contribution is -2.52. The summed E-state index contributed by atoms with van der Waals surface area (Å²) in [6, 6.07) is 27.6. The van der Waals surface area contributed by atoms with Gasteiger partial charge in [0.1, 0.15) is 27.0 Å². The molecule has 2 aromatic rings. The molecule has 0 radical (unpaired) electrons. The highest BCUT2D eigenvalue weighted by atomic mass is 28.3. The van der Waals surface area contributed by atoms with Crippen molar-refractivity contribution >= 4 is 21.9 Å². The molecule has 37 heavy (non-hydrogen) atoms. The fourth-order valence-electron chi connectivity index (χ4n) is 6.10. The van der Waals surface area contributed by atoms with Crippen molar-refractivity contribution in [3.05, 3.63) is 71.8 Å². The highest BCUT2D eigenvalue weighted by molar-refractivity contribution is 6.87. The van der Waals surface area contributed by atoms with Gasteiger partial charge in [0, 0.05) is 0 Å². The van der Waals surface area contributed by atoms with Crippen LogP contribution in [0.3, 0.4) is 0 Å². The number of carbonyl (C=O) groups excluding carboxylic acids is 1. The van der Waals surface area contributed by atoms with Crippen molar-refractivity contribution in [1.29, 1.82) is 0 Å². The van der Waals surface area contributed by atoms with Crippen LogP contribution in [0.25, 0.3) is 0 Å². The molecule has 0 heterocycles. The first-order valence-electron chi connectivity index (χ1n) is 14.6. The summed E-state index contributed by atoms with van der Waals surface area (Å²) in [5, 5.41) is 0. The minimum atomic E-state index is -1.74. The molecular formula is C34H46OSi2. The molecule has 1 nitrogen and oxygen atoms in total. The lowest BCUT2D eigenvalue weighted by atomic mass is 9.57. The third-order valence-corrected chi connectivity index (χ3v) is 19.0. The third kappa shape index (κ3) is 5.60. The Labute approximate surface area is 228 Å². The van der Waals surface area contributed by atoms with Gasteiger partial charge in [-0.25, -0.2) is 0 Å². The van der Waals surface area contributed by atoms with Gasteiger partial charge in [0.15, 0.2) is 5.78 Å². The van der Waals surface area contributed by atoms with Crippen LogP contribution in [-0.2, 0) is 15.6 Å². The van der Waals surface area contributed by atoms with Crippen LogP contribution in [0.5, 0.6) is 0 Å². The van der Waals surface area contributed by atoms with E-state index in [1.165, 1.54) is 0 Å². The van der Waals surface area contributed by atoms with Crippen LogP contribution in [0.2, 0.25) is 36.3 Å². The minimum absolute atomic E-state index is 0.209. The number of ketones is 1. The van der Waals surface area contributed by atoms with Crippen LogP contribution in [0.1, 0.15) is 71.9 Å². The number of hydrogen-bond acceptors (Lipinski definition) is 1. The molecule has 0 aliphatic heterocycles. The third-order valence-electron chi connectivity index (χ3n) is 9.55. The van der Waals surface area contributed by atoms with Gasteiger partial charge in [0.05, 0.1) is 0 Å². The standard InChI is InChI=1S/C34H46OSi2/c1-7-36(8-2,9-3)28-26-33(30-20-15-13-16-21-30)24-19-25-34(32(33)35,31-22-17-14-18-23-31)27-29-37(10-4,11-5)12-6/h13-18,20-23H,7-12,19,24-25H2,1-6H3/t33-,34-/m1/s1. The normalized spacial score (nSPS) is 21.9. The Morgan fingerprint density at radius 2 is 0.919 bits per heavy atom. The van der Waals surface area contributed by atoms with Crippen LogP contribution < -0.4 is 0 Å². The maximum atomic E-state index is 15.2. The summed E-state index contributed by atoms with van der Waals surface area (Å²) in [7, 11) is -3.49. The molecule has 2 aromatic carbocycles. The van der Waals surface area contributed by atoms with Crippen molar-refractivity contribution in [3.8, 4) is 22.9 Å². The van der Waals surface area contributed by atoms with Crippen molar-refractivity contribution in [1.82, 2.24) is 0 Å². The molecule has 0 saturated heterocycles. The molecule has 2 atom stereocenters. The Morgan fingerprint density at radius 1 is 0.595 bits per heavy atom. The molecule has 0 aromatic heterocycles. The SMILES string of the molecule is CC[Si](C#C[C@@]1(c2ccccc2)CCC[C@@](C#C[Si](CC)(CC)CC)(c2ccccc2)C1=O)(CC)CC. The van der Waals surface area contributed by atoms with E-state index in [4.69, 9.17) is 0 Å². The topological polar surface area (TPSA) is 17.1 Å². The maximum Gasteiger partial charge on any atom is 0.177 e. The van der Waals surface area contributed by atoms with E-state index >= 15 is 4.79 Å². The van der Waals surface area contributed by atoms with E-state index in [2.05, 4.69) is 113 Å². The first-order valence-corrected chi connectivity index (χ1v) is 19.8. The molecule has 3 heteroatoms. The van der Waals surface area contributed by atoms with Gasteiger partial charge in [0.2, 0.25) is 0 Å². The summed E-state index contributed by atoms with van der Waals surface area (Å²) in [5.74, 6) is 7.74. The summed E-state index contributed by atoms with van der Waals surface area (Å²) in [4.78, 5) is 15.2. The van der Waals surface area contributed by atoms with Gasteiger partial charge < -0.3 is 0 Å². The van der Waals surface area contributed by atoms with Crippen LogP contribution in [0.15, 0.2) is 60.7 Å². The highest BCUT2D eigenvalue weighted by Gasteiger charge is 2.54. The summed E-state index contributed by atoms with van der Waals surface area (Å²) in [6.45, 7) is 13.7. The Kier molecular flexibility index (Phi) is 9.85. The summed E-state index contributed by atoms with van der Waals surface area (Å²) < 4.78 is 0. The van der Waals surface area contributed by atoms with E-state index in [-0.39, 0.29) is 5.78 Å². The lowest BCUT2D eigenvalue weighted by molar-refractivity contribution is -0.128. The lowest BCUT2D eigenvalue weighted by Gasteiger charge is -2.42. The van der Waals surface area contributed by atoms with Crippen LogP contribution in [-0.4, -0.2) is 21.9 Å². The summed E-state index contributed by atoms with van der Waals surface area (Å²) >= 11 is 0. The van der Waals surface area contributed by atoms with E-state index in [9.17, 15) is 0 Å². The predicted octanol–water partition coefficient (Wildman–Crippen LogP) is 8.72. The number of rotatable bonds is 8. The molecule has 1 aliphatic carbocycles. The largest absolute Gasteiger partial charge is 0.295 e. The maximum absolute atomic E-state index is 15.2. The van der Waals surface area contributed by atoms with Gasteiger partial charge in [-0.3, -0.25) is 4.79 Å². The molecule has 1 saturated carbocycles. The summed E-state index contributed by atoms with van der Waals surface area (Å²) in [5.41, 5.74) is 8.17. The van der Waals surface area contributed by atoms with Gasteiger partial charge in [-0.15, -0.1) is 11.1 Å². The van der Waals surface area contributed by atoms with Gasteiger partial charge in [-0.1, -0.05) is 114 Å². The summed E-state index contributed by atoms with van der Waals surface area (Å²) in [6.07, 6.45) is 2.49. The fourth-order valence-corrected chi connectivity index (χ4v) is 11.1. The Bertz CT molecular complexity index is 1050. The van der Waals surface area contributed by atoms with Gasteiger partial charge in [-0.2, -0.15) is 0 Å². The van der Waals surface area contributed by atoms with Gasteiger partial charge >= 0.3 is 0 Å². The second-order valence-corrected chi connectivity index (χ2v) is 20.8. The first-order chi connectivity index (χ1) is 17.9. The quantitative estimate of drug-likeness (QED) is 0.248. The number of Topliss-reactive ketones (excluding diaryl/α,β-unsaturated/α-hetero) is 1. The van der Waals surface area contributed by atoms with E-state index in [1.807, 2.05) is 12.1 Å². The van der Waals surface area contributed by atoms with Crippen molar-refractivity contribution in [2.45, 2.75) is 108 Å². The minimum Gasteiger partial charge on any atom is -0.295 e. The van der Waals surface area contributed by atoms with E-state index in [1.54, 1.807) is 0 Å². The number of benzene rings is 2. The van der Waals surface area contributed by atoms with E-state index in [0.29, 0.717) is 0 Å². The smallest absolute Gasteiger partial charge is 0.177 e. The van der Waals surface area contributed by atoms with E-state index < -0.39 is 27.0 Å². The zero-order valence-electron chi connectivity index (χ0n) is 24.0. The van der Waals surface area contributed by atoms with Gasteiger partial charge in [-0.05, 0) is 66.7 Å². The average molecular weight is 527 g/mol. The molecule has 3 rings (SSSR count). The second kappa shape index (κ2) is 12.5. The zero-order valence-corrected chi connectivity index (χ0v) is 26.0. The Morgan fingerprint density at radius 3 is 1.22 bits per heavy atom. The van der Waals surface area contributed by atoms with Crippen LogP contribution in [0, 0.1) is 22.9 Å². The molecule has 0 N–H and O–H groups in total. The molecule has 0 amide bonds. The van der Waals surface area contributed by atoms with Crippen LogP contribution >= 0.6 is 0 Å². The zero-order chi connectivity index (χ0) is 27.0. The van der Waals surface area contributed by atoms with Crippen molar-refractivity contribution in [3.63, 3.8) is 0 Å². The number of carbonyl (C=O) groups is 1. The molecule has 0 unspecified atom stereocenters. The van der Waals surface area contributed by atoms with Crippen LogP contribution in [0.4, 0.5) is 0 Å². The number of hydrogen-bond donors (Lipinski definition) is 0. The fraction of sp³-hybridized carbons (Fsp3) is 0.500. The molecular weight excluding hydrogens is 481 g/mol. The molecule has 0 bridgehead atoms. The molecule has 1 aliphatic rings. The Hall–Kier alpha value is -2.34. The van der Waals surface area contributed by atoms with E-state index in [0.717, 1.165) is 66.7 Å². The molecule has 196 valence electrons. The molecule has 1 fully saturated rings. The second-order valence-electron chi connectivity index (χ2n) is 10.9. The molecule has 0 spiro atoms. The highest BCUT2D eigenvalue weighted by Crippen LogP contribution is 2.47. The van der Waals surface area contributed by atoms with Crippen molar-refractivity contribution in [2.24, 2.45) is 0 Å². The first kappa shape index (κ1) is 29.2. The monoisotopic (exact) mass is 526 g/mol. The average Bonchev–Trinajstić information content (AvgIpc) is 2.97. The van der Waals surface area contributed by atoms with Crippen molar-refractivity contribution in [2.75, 3.05) is 0 Å². The van der Waals surface area contributed by atoms with Gasteiger partial charge in [0.25, 0.3) is 0 Å².